The van der Waals surface area contributed by atoms with Crippen LogP contribution in [0.25, 0.3) is 16.7 Å². The van der Waals surface area contributed by atoms with Crippen LogP contribution in [0.1, 0.15) is 11.1 Å². The minimum atomic E-state index is -3.61. The first-order valence-electron chi connectivity index (χ1n) is 9.25. The zero-order valence-electron chi connectivity index (χ0n) is 16.8. The van der Waals surface area contributed by atoms with Crippen LogP contribution >= 0.6 is 0 Å². The van der Waals surface area contributed by atoms with Crippen molar-refractivity contribution >= 4 is 26.7 Å². The molecule has 2 heterocycles. The Morgan fingerprint density at radius 1 is 1.03 bits per heavy atom. The van der Waals surface area contributed by atoms with Crippen LogP contribution in [0.4, 0.5) is 5.82 Å². The first-order valence-corrected chi connectivity index (χ1v) is 11.1. The van der Waals surface area contributed by atoms with E-state index in [1.54, 1.807) is 18.0 Å². The fourth-order valence-corrected chi connectivity index (χ4v) is 3.50. The number of aryl methyl sites for hydroxylation is 1. The number of sulfone groups is 1. The maximum Gasteiger partial charge on any atom is 0.250 e. The highest BCUT2D eigenvalue weighted by Crippen LogP contribution is 2.25. The molecule has 8 nitrogen and oxygen atoms in total. The van der Waals surface area contributed by atoms with E-state index < -0.39 is 9.84 Å². The summed E-state index contributed by atoms with van der Waals surface area (Å²) in [6, 6.07) is 15.3. The van der Waals surface area contributed by atoms with E-state index in [2.05, 4.69) is 20.4 Å². The first kappa shape index (κ1) is 19.8. The molecule has 0 unspecified atom stereocenters. The molecule has 0 bridgehead atoms. The van der Waals surface area contributed by atoms with Gasteiger partial charge in [0.2, 0.25) is 9.84 Å². The van der Waals surface area contributed by atoms with Crippen molar-refractivity contribution in [2.75, 3.05) is 18.7 Å². The number of aromatic nitrogens is 4. The Hall–Kier alpha value is -3.46. The van der Waals surface area contributed by atoms with Gasteiger partial charge in [-0.15, -0.1) is 0 Å². The molecule has 0 aliphatic carbocycles. The number of rotatable bonds is 6. The molecule has 9 heteroatoms. The summed E-state index contributed by atoms with van der Waals surface area (Å²) in [4.78, 5) is 8.54. The van der Waals surface area contributed by atoms with Gasteiger partial charge in [0.05, 0.1) is 24.4 Å². The third-order valence-corrected chi connectivity index (χ3v) is 5.48. The molecule has 0 aliphatic heterocycles. The lowest BCUT2D eigenvalue weighted by Gasteiger charge is -2.10. The van der Waals surface area contributed by atoms with Crippen molar-refractivity contribution in [3.05, 3.63) is 65.9 Å². The van der Waals surface area contributed by atoms with E-state index in [0.717, 1.165) is 28.8 Å². The van der Waals surface area contributed by atoms with Gasteiger partial charge in [0, 0.05) is 12.8 Å². The molecule has 0 fully saturated rings. The van der Waals surface area contributed by atoms with Crippen LogP contribution in [-0.4, -0.2) is 41.5 Å². The summed E-state index contributed by atoms with van der Waals surface area (Å²) in [5.41, 5.74) is 3.32. The topological polar surface area (TPSA) is 99.0 Å². The normalized spacial score (nSPS) is 11.6. The summed E-state index contributed by atoms with van der Waals surface area (Å²) in [5, 5.41) is 8.02. The van der Waals surface area contributed by atoms with E-state index in [1.807, 2.05) is 55.5 Å². The van der Waals surface area contributed by atoms with E-state index in [-0.39, 0.29) is 5.16 Å². The van der Waals surface area contributed by atoms with Crippen LogP contribution in [0.15, 0.2) is 59.9 Å². The number of fused-ring (bicyclic) bond motifs is 1. The lowest BCUT2D eigenvalue weighted by molar-refractivity contribution is 0.414. The second-order valence-corrected chi connectivity index (χ2v) is 8.87. The van der Waals surface area contributed by atoms with Crippen LogP contribution in [0.3, 0.4) is 0 Å². The predicted octanol–water partition coefficient (Wildman–Crippen LogP) is 3.15. The quantitative estimate of drug-likeness (QED) is 0.476. The maximum atomic E-state index is 12.2. The fourth-order valence-electron chi connectivity index (χ4n) is 2.99. The third kappa shape index (κ3) is 3.97. The van der Waals surface area contributed by atoms with E-state index in [1.165, 1.54) is 0 Å². The summed E-state index contributed by atoms with van der Waals surface area (Å²) in [5.74, 6) is 1.18. The molecule has 0 aliphatic rings. The number of anilines is 1. The molecule has 0 saturated heterocycles. The van der Waals surface area contributed by atoms with Gasteiger partial charge in [0.25, 0.3) is 5.16 Å². The largest absolute Gasteiger partial charge is 0.497 e. The summed E-state index contributed by atoms with van der Waals surface area (Å²) < 4.78 is 31.2. The van der Waals surface area contributed by atoms with Gasteiger partial charge in [-0.1, -0.05) is 29.8 Å². The molecule has 0 amide bonds. The van der Waals surface area contributed by atoms with Gasteiger partial charge in [-0.05, 0) is 36.8 Å². The molecule has 0 radical (unpaired) electrons. The number of benzene rings is 2. The fraction of sp³-hybridized carbons (Fsp3) is 0.190. The van der Waals surface area contributed by atoms with Crippen LogP contribution in [0.2, 0.25) is 0 Å². The number of nitrogens with one attached hydrogen (secondary N) is 1. The third-order valence-electron chi connectivity index (χ3n) is 4.64. The SMILES string of the molecule is COc1ccc(CNc2nc(S(C)(=O)=O)nc3c2cnn3-c2ccc(C)cc2)cc1. The van der Waals surface area contributed by atoms with Crippen molar-refractivity contribution in [2.45, 2.75) is 18.6 Å². The van der Waals surface area contributed by atoms with Gasteiger partial charge in [0.15, 0.2) is 5.65 Å². The zero-order valence-corrected chi connectivity index (χ0v) is 17.6. The van der Waals surface area contributed by atoms with E-state index in [9.17, 15) is 8.42 Å². The summed E-state index contributed by atoms with van der Waals surface area (Å²) in [6.07, 6.45) is 2.73. The lowest BCUT2D eigenvalue weighted by Crippen LogP contribution is -2.10. The molecule has 30 heavy (non-hydrogen) atoms. The van der Waals surface area contributed by atoms with Crippen LogP contribution < -0.4 is 10.1 Å². The standard InChI is InChI=1S/C21H21N5O3S/c1-14-4-8-16(9-5-14)26-20-18(13-23-26)19(24-21(25-20)30(3,27)28)22-12-15-6-10-17(29-2)11-7-15/h4-11,13H,12H2,1-3H3,(H,22,24,25). The summed E-state index contributed by atoms with van der Waals surface area (Å²) in [7, 11) is -2.00. The van der Waals surface area contributed by atoms with Gasteiger partial charge in [-0.3, -0.25) is 0 Å². The molecule has 4 aromatic rings. The number of hydrogen-bond acceptors (Lipinski definition) is 7. The molecule has 2 aromatic carbocycles. The van der Waals surface area contributed by atoms with Crippen LogP contribution in [-0.2, 0) is 16.4 Å². The molecular formula is C21H21N5O3S. The second-order valence-electron chi connectivity index (χ2n) is 6.96. The van der Waals surface area contributed by atoms with Crippen molar-refractivity contribution in [1.29, 1.82) is 0 Å². The molecule has 4 rings (SSSR count). The van der Waals surface area contributed by atoms with Crippen molar-refractivity contribution in [3.8, 4) is 11.4 Å². The smallest absolute Gasteiger partial charge is 0.250 e. The minimum Gasteiger partial charge on any atom is -0.497 e. The first-order chi connectivity index (χ1) is 14.3. The number of hydrogen-bond donors (Lipinski definition) is 1. The highest BCUT2D eigenvalue weighted by Gasteiger charge is 2.19. The highest BCUT2D eigenvalue weighted by atomic mass is 32.2. The lowest BCUT2D eigenvalue weighted by atomic mass is 10.2. The van der Waals surface area contributed by atoms with Crippen LogP contribution in [0, 0.1) is 6.92 Å². The molecule has 0 atom stereocenters. The molecule has 0 saturated carbocycles. The van der Waals surface area contributed by atoms with Gasteiger partial charge in [-0.2, -0.15) is 10.1 Å². The van der Waals surface area contributed by atoms with Gasteiger partial charge in [-0.25, -0.2) is 18.1 Å². The Kier molecular flexibility index (Phi) is 5.13. The Balaban J connectivity index is 1.76. The average Bonchev–Trinajstić information content (AvgIpc) is 3.16. The van der Waals surface area contributed by atoms with Gasteiger partial charge < -0.3 is 10.1 Å². The van der Waals surface area contributed by atoms with Crippen molar-refractivity contribution in [3.63, 3.8) is 0 Å². The summed E-state index contributed by atoms with van der Waals surface area (Å²) >= 11 is 0. The van der Waals surface area contributed by atoms with E-state index in [0.29, 0.717) is 23.4 Å². The van der Waals surface area contributed by atoms with Crippen molar-refractivity contribution < 1.29 is 13.2 Å². The number of methoxy groups -OCH3 is 1. The number of ether oxygens (including phenoxy) is 1. The highest BCUT2D eigenvalue weighted by molar-refractivity contribution is 7.90. The van der Waals surface area contributed by atoms with Crippen molar-refractivity contribution in [1.82, 2.24) is 19.7 Å². The van der Waals surface area contributed by atoms with E-state index >= 15 is 0 Å². The second kappa shape index (κ2) is 7.75. The van der Waals surface area contributed by atoms with Crippen LogP contribution in [0.5, 0.6) is 5.75 Å². The van der Waals surface area contributed by atoms with Gasteiger partial charge in [0.1, 0.15) is 11.6 Å². The summed E-state index contributed by atoms with van der Waals surface area (Å²) in [6.45, 7) is 2.45. The molecule has 154 valence electrons. The zero-order chi connectivity index (χ0) is 21.3. The average molecular weight is 423 g/mol. The Morgan fingerprint density at radius 2 is 1.73 bits per heavy atom. The molecule has 0 spiro atoms. The maximum absolute atomic E-state index is 12.2. The number of nitrogens with zero attached hydrogens (tertiary/aromatic N) is 4. The monoisotopic (exact) mass is 423 g/mol. The molecule has 2 aromatic heterocycles. The molecule has 1 N–H and O–H groups in total. The Labute approximate surface area is 174 Å². The molecular weight excluding hydrogens is 402 g/mol. The van der Waals surface area contributed by atoms with E-state index in [4.69, 9.17) is 4.74 Å². The van der Waals surface area contributed by atoms with Gasteiger partial charge >= 0.3 is 0 Å². The Morgan fingerprint density at radius 3 is 2.37 bits per heavy atom. The minimum absolute atomic E-state index is 0.249. The van der Waals surface area contributed by atoms with Crippen molar-refractivity contribution in [2.24, 2.45) is 0 Å². The predicted molar refractivity (Wildman–Crippen MR) is 115 cm³/mol. The Bertz CT molecular complexity index is 1300.